The maximum atomic E-state index is 12.7. The van der Waals surface area contributed by atoms with Crippen LogP contribution in [0.1, 0.15) is 9.67 Å². The lowest BCUT2D eigenvalue weighted by atomic mass is 10.1. The number of hydrogen-bond acceptors (Lipinski definition) is 3. The molecule has 0 aliphatic carbocycles. The molecular formula is C8H5F5O2S. The van der Waals surface area contributed by atoms with Crippen molar-refractivity contribution in [1.82, 2.24) is 0 Å². The van der Waals surface area contributed by atoms with Crippen LogP contribution < -0.4 is 4.74 Å². The normalized spacial score (nSPS) is 12.6. The highest BCUT2D eigenvalue weighted by molar-refractivity contribution is 7.12. The van der Waals surface area contributed by atoms with Gasteiger partial charge in [0.1, 0.15) is 10.6 Å². The number of alkyl halides is 5. The minimum Gasteiger partial charge on any atom is -0.495 e. The Kier molecular flexibility index (Phi) is 3.22. The van der Waals surface area contributed by atoms with Gasteiger partial charge in [-0.1, -0.05) is 0 Å². The van der Waals surface area contributed by atoms with Crippen molar-refractivity contribution >= 4 is 17.1 Å². The van der Waals surface area contributed by atoms with Crippen LogP contribution in [-0.4, -0.2) is 25.0 Å². The van der Waals surface area contributed by atoms with Crippen molar-refractivity contribution in [3.05, 3.63) is 16.3 Å². The molecule has 0 radical (unpaired) electrons. The number of halogens is 5. The molecule has 0 fully saturated rings. The average molecular weight is 260 g/mol. The number of methoxy groups -OCH3 is 1. The molecule has 90 valence electrons. The highest BCUT2D eigenvalue weighted by Crippen LogP contribution is 2.40. The summed E-state index contributed by atoms with van der Waals surface area (Å²) in [7, 11) is 1.07. The molecule has 0 aliphatic heterocycles. The van der Waals surface area contributed by atoms with Gasteiger partial charge >= 0.3 is 12.1 Å². The van der Waals surface area contributed by atoms with Gasteiger partial charge in [0, 0.05) is 0 Å². The minimum atomic E-state index is -5.90. The van der Waals surface area contributed by atoms with Crippen LogP contribution in [0.4, 0.5) is 22.0 Å². The van der Waals surface area contributed by atoms with Gasteiger partial charge in [-0.05, 0) is 11.4 Å². The van der Waals surface area contributed by atoms with Crippen molar-refractivity contribution in [1.29, 1.82) is 0 Å². The number of ketones is 1. The Bertz CT molecular complexity index is 395. The number of carbonyl (C=O) groups is 1. The van der Waals surface area contributed by atoms with E-state index in [1.807, 2.05) is 0 Å². The quantitative estimate of drug-likeness (QED) is 0.616. The highest BCUT2D eigenvalue weighted by atomic mass is 32.1. The van der Waals surface area contributed by atoms with E-state index in [9.17, 15) is 26.7 Å². The van der Waals surface area contributed by atoms with Gasteiger partial charge in [0.05, 0.1) is 7.11 Å². The molecule has 0 bridgehead atoms. The van der Waals surface area contributed by atoms with E-state index in [4.69, 9.17) is 0 Å². The van der Waals surface area contributed by atoms with Crippen molar-refractivity contribution in [2.45, 2.75) is 12.1 Å². The first-order valence-electron chi connectivity index (χ1n) is 3.82. The van der Waals surface area contributed by atoms with Crippen LogP contribution in [-0.2, 0) is 0 Å². The van der Waals surface area contributed by atoms with E-state index in [1.54, 1.807) is 0 Å². The van der Waals surface area contributed by atoms with Crippen LogP contribution in [0.15, 0.2) is 11.4 Å². The van der Waals surface area contributed by atoms with Crippen LogP contribution in [0.3, 0.4) is 0 Å². The standard InChI is InChI=1S/C8H5F5O2S/c1-15-4-2-3-16-5(4)6(14)7(9,10)8(11,12)13/h2-3H,1H3. The first-order chi connectivity index (χ1) is 7.21. The average Bonchev–Trinajstić information content (AvgIpc) is 2.62. The summed E-state index contributed by atoms with van der Waals surface area (Å²) < 4.78 is 65.6. The first kappa shape index (κ1) is 12.9. The second-order valence-electron chi connectivity index (χ2n) is 2.72. The topological polar surface area (TPSA) is 26.3 Å². The Labute approximate surface area is 90.6 Å². The van der Waals surface area contributed by atoms with Gasteiger partial charge in [0.25, 0.3) is 5.78 Å². The lowest BCUT2D eigenvalue weighted by Crippen LogP contribution is -2.43. The summed E-state index contributed by atoms with van der Waals surface area (Å²) in [6, 6.07) is 1.14. The number of thiophene rings is 1. The van der Waals surface area contributed by atoms with E-state index in [2.05, 4.69) is 4.74 Å². The van der Waals surface area contributed by atoms with Crippen LogP contribution in [0, 0.1) is 0 Å². The van der Waals surface area contributed by atoms with Crippen LogP contribution in [0.2, 0.25) is 0 Å². The van der Waals surface area contributed by atoms with E-state index in [-0.39, 0.29) is 5.75 Å². The Morgan fingerprint density at radius 3 is 2.31 bits per heavy atom. The molecular weight excluding hydrogens is 255 g/mol. The Balaban J connectivity index is 3.12. The van der Waals surface area contributed by atoms with E-state index in [0.29, 0.717) is 11.3 Å². The summed E-state index contributed by atoms with van der Waals surface area (Å²) in [6.45, 7) is 0. The molecule has 1 rings (SSSR count). The number of carbonyl (C=O) groups excluding carboxylic acids is 1. The molecule has 0 amide bonds. The summed E-state index contributed by atoms with van der Waals surface area (Å²) in [5.74, 6) is -7.99. The number of ether oxygens (including phenoxy) is 1. The van der Waals surface area contributed by atoms with Crippen molar-refractivity contribution in [2.75, 3.05) is 7.11 Å². The molecule has 0 aliphatic rings. The molecule has 0 saturated carbocycles. The predicted molar refractivity (Wildman–Crippen MR) is 46.2 cm³/mol. The number of hydrogen-bond donors (Lipinski definition) is 0. The van der Waals surface area contributed by atoms with E-state index >= 15 is 0 Å². The maximum Gasteiger partial charge on any atom is 0.461 e. The van der Waals surface area contributed by atoms with E-state index in [1.165, 1.54) is 5.38 Å². The molecule has 0 atom stereocenters. The summed E-state index contributed by atoms with van der Waals surface area (Å²) in [5, 5.41) is 1.19. The van der Waals surface area contributed by atoms with E-state index in [0.717, 1.165) is 13.2 Å². The molecule has 1 heterocycles. The van der Waals surface area contributed by atoms with Crippen molar-refractivity contribution in [2.24, 2.45) is 0 Å². The summed E-state index contributed by atoms with van der Waals surface area (Å²) in [6.07, 6.45) is -5.90. The Hall–Kier alpha value is -1.18. The first-order valence-corrected chi connectivity index (χ1v) is 4.70. The molecule has 0 spiro atoms. The Morgan fingerprint density at radius 1 is 1.31 bits per heavy atom. The summed E-state index contributed by atoms with van der Waals surface area (Å²) >= 11 is 0.471. The highest BCUT2D eigenvalue weighted by Gasteiger charge is 2.63. The molecule has 16 heavy (non-hydrogen) atoms. The zero-order chi connectivity index (χ0) is 12.6. The largest absolute Gasteiger partial charge is 0.495 e. The van der Waals surface area contributed by atoms with Crippen LogP contribution in [0.25, 0.3) is 0 Å². The third-order valence-electron chi connectivity index (χ3n) is 1.70. The lowest BCUT2D eigenvalue weighted by molar-refractivity contribution is -0.255. The molecule has 2 nitrogen and oxygen atoms in total. The van der Waals surface area contributed by atoms with Crippen LogP contribution in [0.5, 0.6) is 5.75 Å². The second-order valence-corrected chi connectivity index (χ2v) is 3.64. The van der Waals surface area contributed by atoms with Gasteiger partial charge in [-0.25, -0.2) is 0 Å². The van der Waals surface area contributed by atoms with Crippen LogP contribution >= 0.6 is 11.3 Å². The zero-order valence-electron chi connectivity index (χ0n) is 7.77. The molecule has 0 saturated heterocycles. The van der Waals surface area contributed by atoms with Gasteiger partial charge in [-0.3, -0.25) is 4.79 Å². The fourth-order valence-electron chi connectivity index (χ4n) is 0.895. The van der Waals surface area contributed by atoms with E-state index < -0.39 is 22.8 Å². The molecule has 0 N–H and O–H groups in total. The second kappa shape index (κ2) is 4.00. The lowest BCUT2D eigenvalue weighted by Gasteiger charge is -2.17. The zero-order valence-corrected chi connectivity index (χ0v) is 8.59. The SMILES string of the molecule is COc1ccsc1C(=O)C(F)(F)C(F)(F)F. The fraction of sp³-hybridized carbons (Fsp3) is 0.375. The molecule has 0 aromatic carbocycles. The molecule has 1 aromatic heterocycles. The Morgan fingerprint density at radius 2 is 1.88 bits per heavy atom. The van der Waals surface area contributed by atoms with Crippen molar-refractivity contribution in [3.63, 3.8) is 0 Å². The monoisotopic (exact) mass is 260 g/mol. The molecule has 1 aromatic rings. The van der Waals surface area contributed by atoms with Crippen molar-refractivity contribution < 1.29 is 31.5 Å². The minimum absolute atomic E-state index is 0.293. The third-order valence-corrected chi connectivity index (χ3v) is 2.59. The van der Waals surface area contributed by atoms with Crippen molar-refractivity contribution in [3.8, 4) is 5.75 Å². The summed E-state index contributed by atoms with van der Waals surface area (Å²) in [5.41, 5.74) is 0. The third kappa shape index (κ3) is 2.01. The fourth-order valence-corrected chi connectivity index (χ4v) is 1.73. The predicted octanol–water partition coefficient (Wildman–Crippen LogP) is 3.14. The smallest absolute Gasteiger partial charge is 0.461 e. The van der Waals surface area contributed by atoms with Gasteiger partial charge < -0.3 is 4.74 Å². The van der Waals surface area contributed by atoms with Gasteiger partial charge in [-0.15, -0.1) is 11.3 Å². The number of Topliss-reactive ketones (excluding diaryl/α,β-unsaturated/α-hetero) is 1. The van der Waals surface area contributed by atoms with Gasteiger partial charge in [-0.2, -0.15) is 22.0 Å². The molecule has 8 heteroatoms. The summed E-state index contributed by atoms with van der Waals surface area (Å²) in [4.78, 5) is 10.3. The van der Waals surface area contributed by atoms with Gasteiger partial charge in [0.2, 0.25) is 0 Å². The van der Waals surface area contributed by atoms with Gasteiger partial charge in [0.15, 0.2) is 0 Å². The maximum absolute atomic E-state index is 12.7. The number of rotatable bonds is 3. The molecule has 0 unspecified atom stereocenters.